The van der Waals surface area contributed by atoms with Crippen molar-refractivity contribution in [3.63, 3.8) is 0 Å². The van der Waals surface area contributed by atoms with Crippen molar-refractivity contribution >= 4 is 22.9 Å². The standard InChI is InChI=1S/C19H24N2O3S/c1-14(19(22)20-12-18-5-3-11-25-18)21-15-6-8-16(9-7-15)24-13-17-4-2-10-23-17/h3,5-9,11,14,17,21H,2,4,10,12-13H2,1H3,(H,20,22). The molecular weight excluding hydrogens is 336 g/mol. The summed E-state index contributed by atoms with van der Waals surface area (Å²) in [5.74, 6) is 0.794. The van der Waals surface area contributed by atoms with Crippen LogP contribution in [0.1, 0.15) is 24.6 Å². The predicted octanol–water partition coefficient (Wildman–Crippen LogP) is 3.42. The van der Waals surface area contributed by atoms with Crippen LogP contribution in [0.3, 0.4) is 0 Å². The zero-order valence-electron chi connectivity index (χ0n) is 14.4. The summed E-state index contributed by atoms with van der Waals surface area (Å²) in [7, 11) is 0. The minimum atomic E-state index is -0.307. The molecule has 1 aromatic heterocycles. The van der Waals surface area contributed by atoms with Gasteiger partial charge in [-0.05, 0) is 55.5 Å². The van der Waals surface area contributed by atoms with Gasteiger partial charge in [0.25, 0.3) is 0 Å². The van der Waals surface area contributed by atoms with Gasteiger partial charge in [-0.15, -0.1) is 11.3 Å². The van der Waals surface area contributed by atoms with Crippen LogP contribution in [-0.4, -0.2) is 31.3 Å². The van der Waals surface area contributed by atoms with Crippen LogP contribution >= 0.6 is 11.3 Å². The SMILES string of the molecule is CC(Nc1ccc(OCC2CCCO2)cc1)C(=O)NCc1cccs1. The molecule has 0 spiro atoms. The van der Waals surface area contributed by atoms with E-state index in [4.69, 9.17) is 9.47 Å². The van der Waals surface area contributed by atoms with Crippen LogP contribution < -0.4 is 15.4 Å². The molecule has 2 aromatic rings. The fourth-order valence-electron chi connectivity index (χ4n) is 2.67. The number of thiophene rings is 1. The van der Waals surface area contributed by atoms with Crippen molar-refractivity contribution in [3.05, 3.63) is 46.7 Å². The van der Waals surface area contributed by atoms with Crippen molar-refractivity contribution in [1.82, 2.24) is 5.32 Å². The van der Waals surface area contributed by atoms with Gasteiger partial charge in [0.1, 0.15) is 18.4 Å². The largest absolute Gasteiger partial charge is 0.491 e. The molecule has 2 atom stereocenters. The lowest BCUT2D eigenvalue weighted by atomic mass is 10.2. The lowest BCUT2D eigenvalue weighted by molar-refractivity contribution is -0.121. The molecule has 0 aliphatic carbocycles. The molecule has 0 bridgehead atoms. The van der Waals surface area contributed by atoms with Gasteiger partial charge in [-0.2, -0.15) is 0 Å². The fourth-order valence-corrected chi connectivity index (χ4v) is 3.31. The monoisotopic (exact) mass is 360 g/mol. The molecule has 134 valence electrons. The normalized spacial score (nSPS) is 17.9. The van der Waals surface area contributed by atoms with Crippen molar-refractivity contribution in [2.24, 2.45) is 0 Å². The lowest BCUT2D eigenvalue weighted by Gasteiger charge is -2.16. The molecule has 25 heavy (non-hydrogen) atoms. The molecule has 3 rings (SSSR count). The highest BCUT2D eigenvalue weighted by Crippen LogP contribution is 2.19. The first kappa shape index (κ1) is 17.8. The smallest absolute Gasteiger partial charge is 0.242 e. The van der Waals surface area contributed by atoms with E-state index >= 15 is 0 Å². The Morgan fingerprint density at radius 1 is 1.36 bits per heavy atom. The number of carbonyl (C=O) groups excluding carboxylic acids is 1. The molecule has 1 saturated heterocycles. The van der Waals surface area contributed by atoms with Gasteiger partial charge in [0.05, 0.1) is 12.6 Å². The summed E-state index contributed by atoms with van der Waals surface area (Å²) in [5, 5.41) is 8.15. The Kier molecular flexibility index (Phi) is 6.30. The Labute approximate surface area is 152 Å². The van der Waals surface area contributed by atoms with Gasteiger partial charge in [0.15, 0.2) is 0 Å². The van der Waals surface area contributed by atoms with Crippen LogP contribution in [0.5, 0.6) is 5.75 Å². The highest BCUT2D eigenvalue weighted by Gasteiger charge is 2.16. The quantitative estimate of drug-likeness (QED) is 0.757. The Morgan fingerprint density at radius 3 is 2.88 bits per heavy atom. The molecule has 1 amide bonds. The summed E-state index contributed by atoms with van der Waals surface area (Å²) in [6, 6.07) is 11.4. The van der Waals surface area contributed by atoms with E-state index in [0.717, 1.165) is 35.8 Å². The second-order valence-electron chi connectivity index (χ2n) is 6.13. The second-order valence-corrected chi connectivity index (χ2v) is 7.17. The zero-order valence-corrected chi connectivity index (χ0v) is 15.2. The lowest BCUT2D eigenvalue weighted by Crippen LogP contribution is -2.37. The van der Waals surface area contributed by atoms with Crippen LogP contribution in [0.4, 0.5) is 5.69 Å². The summed E-state index contributed by atoms with van der Waals surface area (Å²) in [6.07, 6.45) is 2.39. The van der Waals surface area contributed by atoms with E-state index in [0.29, 0.717) is 13.2 Å². The van der Waals surface area contributed by atoms with Gasteiger partial charge in [-0.1, -0.05) is 6.07 Å². The Bertz CT molecular complexity index is 652. The topological polar surface area (TPSA) is 59.6 Å². The predicted molar refractivity (Wildman–Crippen MR) is 100 cm³/mol. The van der Waals surface area contributed by atoms with Crippen LogP contribution in [0.2, 0.25) is 0 Å². The number of hydrogen-bond donors (Lipinski definition) is 2. The third-order valence-electron chi connectivity index (χ3n) is 4.11. The molecule has 6 heteroatoms. The van der Waals surface area contributed by atoms with Gasteiger partial charge in [0.2, 0.25) is 5.91 Å². The number of amides is 1. The molecule has 2 unspecified atom stereocenters. The molecule has 2 N–H and O–H groups in total. The number of ether oxygens (including phenoxy) is 2. The molecule has 1 aromatic carbocycles. The number of anilines is 1. The molecule has 2 heterocycles. The van der Waals surface area contributed by atoms with Crippen molar-refractivity contribution in [1.29, 1.82) is 0 Å². The van der Waals surface area contributed by atoms with Crippen molar-refractivity contribution in [2.45, 2.75) is 38.5 Å². The highest BCUT2D eigenvalue weighted by atomic mass is 32.1. The molecule has 5 nitrogen and oxygen atoms in total. The maximum Gasteiger partial charge on any atom is 0.242 e. The number of benzene rings is 1. The van der Waals surface area contributed by atoms with Gasteiger partial charge >= 0.3 is 0 Å². The summed E-state index contributed by atoms with van der Waals surface area (Å²) in [5.41, 5.74) is 0.892. The van der Waals surface area contributed by atoms with E-state index < -0.39 is 0 Å². The minimum Gasteiger partial charge on any atom is -0.491 e. The van der Waals surface area contributed by atoms with E-state index in [2.05, 4.69) is 10.6 Å². The first-order valence-corrected chi connectivity index (χ1v) is 9.50. The van der Waals surface area contributed by atoms with Gasteiger partial charge in [-0.3, -0.25) is 4.79 Å². The molecule has 0 radical (unpaired) electrons. The van der Waals surface area contributed by atoms with Crippen molar-refractivity contribution in [2.75, 3.05) is 18.5 Å². The van der Waals surface area contributed by atoms with E-state index in [1.54, 1.807) is 11.3 Å². The molecule has 1 fully saturated rings. The third kappa shape index (κ3) is 5.47. The van der Waals surface area contributed by atoms with E-state index in [-0.39, 0.29) is 18.1 Å². The zero-order chi connectivity index (χ0) is 17.5. The van der Waals surface area contributed by atoms with Crippen LogP contribution in [0.25, 0.3) is 0 Å². The molecule has 1 aliphatic heterocycles. The minimum absolute atomic E-state index is 0.0212. The Morgan fingerprint density at radius 2 is 2.20 bits per heavy atom. The first-order valence-electron chi connectivity index (χ1n) is 8.62. The van der Waals surface area contributed by atoms with Gasteiger partial charge in [0, 0.05) is 17.2 Å². The van der Waals surface area contributed by atoms with E-state index in [9.17, 15) is 4.79 Å². The summed E-state index contributed by atoms with van der Waals surface area (Å²) < 4.78 is 11.3. The summed E-state index contributed by atoms with van der Waals surface area (Å²) in [4.78, 5) is 13.3. The number of hydrogen-bond acceptors (Lipinski definition) is 5. The van der Waals surface area contributed by atoms with Gasteiger partial charge in [-0.25, -0.2) is 0 Å². The maximum atomic E-state index is 12.2. The third-order valence-corrected chi connectivity index (χ3v) is 4.98. The van der Waals surface area contributed by atoms with Crippen LogP contribution in [0, 0.1) is 0 Å². The molecule has 0 saturated carbocycles. The number of nitrogens with one attached hydrogen (secondary N) is 2. The van der Waals surface area contributed by atoms with Crippen LogP contribution in [-0.2, 0) is 16.1 Å². The van der Waals surface area contributed by atoms with E-state index in [1.165, 1.54) is 0 Å². The van der Waals surface area contributed by atoms with E-state index in [1.807, 2.05) is 48.7 Å². The second kappa shape index (κ2) is 8.87. The van der Waals surface area contributed by atoms with Crippen molar-refractivity contribution < 1.29 is 14.3 Å². The van der Waals surface area contributed by atoms with Gasteiger partial charge < -0.3 is 20.1 Å². The maximum absolute atomic E-state index is 12.2. The number of carbonyl (C=O) groups is 1. The van der Waals surface area contributed by atoms with Crippen LogP contribution in [0.15, 0.2) is 41.8 Å². The average molecular weight is 360 g/mol. The summed E-state index contributed by atoms with van der Waals surface area (Å²) >= 11 is 1.64. The molecule has 1 aliphatic rings. The number of rotatable bonds is 8. The Balaban J connectivity index is 1.42. The highest BCUT2D eigenvalue weighted by molar-refractivity contribution is 7.09. The summed E-state index contributed by atoms with van der Waals surface area (Å²) in [6.45, 7) is 3.85. The first-order chi connectivity index (χ1) is 12.2. The molecular formula is C19H24N2O3S. The average Bonchev–Trinajstić information content (AvgIpc) is 3.32. The van der Waals surface area contributed by atoms with Crippen molar-refractivity contribution in [3.8, 4) is 5.75 Å². The Hall–Kier alpha value is -2.05. The fraction of sp³-hybridized carbons (Fsp3) is 0.421.